The molecule has 4 nitrogen and oxygen atoms in total. The maximum absolute atomic E-state index is 11.4. The van der Waals surface area contributed by atoms with Crippen molar-refractivity contribution in [2.75, 3.05) is 26.2 Å². The van der Waals surface area contributed by atoms with Gasteiger partial charge in [0.1, 0.15) is 0 Å². The molecular weight excluding hydrogens is 190 g/mol. The van der Waals surface area contributed by atoms with E-state index in [1.54, 1.807) is 0 Å². The predicted octanol–water partition coefficient (Wildman–Crippen LogP) is 0.572. The molecular formula is C11H25N3O. The molecule has 0 aromatic heterocycles. The minimum atomic E-state index is -0.00143. The molecule has 0 aliphatic carbocycles. The summed E-state index contributed by atoms with van der Waals surface area (Å²) < 4.78 is 0. The molecule has 0 saturated heterocycles. The molecule has 0 saturated carbocycles. The van der Waals surface area contributed by atoms with Crippen LogP contribution in [0.15, 0.2) is 0 Å². The van der Waals surface area contributed by atoms with E-state index >= 15 is 0 Å². The van der Waals surface area contributed by atoms with Gasteiger partial charge in [0.2, 0.25) is 5.91 Å². The molecule has 0 aromatic carbocycles. The van der Waals surface area contributed by atoms with Gasteiger partial charge in [-0.1, -0.05) is 20.8 Å². The number of hydrogen-bond acceptors (Lipinski definition) is 3. The Labute approximate surface area is 93.2 Å². The van der Waals surface area contributed by atoms with Crippen molar-refractivity contribution in [1.82, 2.24) is 10.2 Å². The fourth-order valence-electron chi connectivity index (χ4n) is 1.35. The molecule has 0 radical (unpaired) electrons. The third-order valence-corrected chi connectivity index (χ3v) is 2.62. The van der Waals surface area contributed by atoms with E-state index in [4.69, 9.17) is 5.73 Å². The Balaban J connectivity index is 3.54. The highest BCUT2D eigenvalue weighted by Crippen LogP contribution is 1.92. The summed E-state index contributed by atoms with van der Waals surface area (Å²) in [6.45, 7) is 9.93. The first-order chi connectivity index (χ1) is 7.13. The summed E-state index contributed by atoms with van der Waals surface area (Å²) in [4.78, 5) is 13.6. The summed E-state index contributed by atoms with van der Waals surface area (Å²) >= 11 is 0. The smallest absolute Gasteiger partial charge is 0.221 e. The van der Waals surface area contributed by atoms with Gasteiger partial charge in [-0.3, -0.25) is 4.79 Å². The maximum atomic E-state index is 11.4. The minimum absolute atomic E-state index is 0.00143. The Hall–Kier alpha value is -0.610. The Morgan fingerprint density at radius 1 is 1.33 bits per heavy atom. The van der Waals surface area contributed by atoms with Crippen molar-refractivity contribution < 1.29 is 4.79 Å². The fraction of sp³-hybridized carbons (Fsp3) is 0.909. The molecule has 0 spiro atoms. The second-order valence-electron chi connectivity index (χ2n) is 3.75. The molecule has 1 atom stereocenters. The average molecular weight is 215 g/mol. The normalized spacial score (nSPS) is 12.9. The van der Waals surface area contributed by atoms with E-state index in [-0.39, 0.29) is 11.9 Å². The Bertz CT molecular complexity index is 169. The molecule has 90 valence electrons. The number of rotatable bonds is 8. The van der Waals surface area contributed by atoms with Crippen molar-refractivity contribution in [3.63, 3.8) is 0 Å². The molecule has 15 heavy (non-hydrogen) atoms. The quantitative estimate of drug-likeness (QED) is 0.622. The van der Waals surface area contributed by atoms with Crippen LogP contribution < -0.4 is 11.1 Å². The van der Waals surface area contributed by atoms with Gasteiger partial charge in [-0.2, -0.15) is 0 Å². The summed E-state index contributed by atoms with van der Waals surface area (Å²) in [5.74, 6) is 0.0662. The first-order valence-corrected chi connectivity index (χ1v) is 5.88. The van der Waals surface area contributed by atoms with Crippen molar-refractivity contribution in [1.29, 1.82) is 0 Å². The van der Waals surface area contributed by atoms with Gasteiger partial charge in [-0.25, -0.2) is 0 Å². The van der Waals surface area contributed by atoms with E-state index in [2.05, 4.69) is 24.1 Å². The van der Waals surface area contributed by atoms with Gasteiger partial charge in [-0.15, -0.1) is 0 Å². The van der Waals surface area contributed by atoms with Crippen molar-refractivity contribution in [3.8, 4) is 0 Å². The van der Waals surface area contributed by atoms with Crippen LogP contribution in [0.5, 0.6) is 0 Å². The van der Waals surface area contributed by atoms with Crippen LogP contribution in [0.2, 0.25) is 0 Å². The van der Waals surface area contributed by atoms with Gasteiger partial charge in [-0.05, 0) is 19.5 Å². The van der Waals surface area contributed by atoms with E-state index in [1.807, 2.05) is 6.92 Å². The van der Waals surface area contributed by atoms with Crippen molar-refractivity contribution in [2.45, 2.75) is 39.7 Å². The molecule has 0 fully saturated rings. The summed E-state index contributed by atoms with van der Waals surface area (Å²) in [5, 5.41) is 2.89. The highest BCUT2D eigenvalue weighted by atomic mass is 16.1. The van der Waals surface area contributed by atoms with Crippen molar-refractivity contribution >= 4 is 5.91 Å². The molecule has 0 rings (SSSR count). The third-order valence-electron chi connectivity index (χ3n) is 2.62. The summed E-state index contributed by atoms with van der Waals surface area (Å²) in [6, 6.07) is -0.00143. The van der Waals surface area contributed by atoms with E-state index in [0.717, 1.165) is 32.6 Å². The Morgan fingerprint density at radius 3 is 2.40 bits per heavy atom. The van der Waals surface area contributed by atoms with Gasteiger partial charge < -0.3 is 16.0 Å². The van der Waals surface area contributed by atoms with Crippen molar-refractivity contribution in [2.24, 2.45) is 5.73 Å². The Kier molecular flexibility index (Phi) is 8.33. The average Bonchev–Trinajstić information content (AvgIpc) is 2.24. The van der Waals surface area contributed by atoms with Crippen LogP contribution in [-0.4, -0.2) is 43.0 Å². The number of nitrogens with one attached hydrogen (secondary N) is 1. The molecule has 0 aromatic rings. The first-order valence-electron chi connectivity index (χ1n) is 5.88. The summed E-state index contributed by atoms with van der Waals surface area (Å²) in [6.07, 6.45) is 1.29. The number of nitrogens with zero attached hydrogens (tertiary/aromatic N) is 1. The zero-order valence-corrected chi connectivity index (χ0v) is 10.3. The zero-order valence-electron chi connectivity index (χ0n) is 10.3. The second kappa shape index (κ2) is 8.68. The number of hydrogen-bond donors (Lipinski definition) is 2. The van der Waals surface area contributed by atoms with E-state index < -0.39 is 0 Å². The van der Waals surface area contributed by atoms with E-state index in [9.17, 15) is 4.79 Å². The number of amides is 1. The number of nitrogens with two attached hydrogens (primary N) is 1. The molecule has 0 bridgehead atoms. The van der Waals surface area contributed by atoms with Crippen LogP contribution in [0.3, 0.4) is 0 Å². The van der Waals surface area contributed by atoms with Crippen LogP contribution in [0.4, 0.5) is 0 Å². The third kappa shape index (κ3) is 7.33. The predicted molar refractivity (Wildman–Crippen MR) is 63.7 cm³/mol. The van der Waals surface area contributed by atoms with Crippen LogP contribution in [0.25, 0.3) is 0 Å². The number of carbonyl (C=O) groups excluding carboxylic acids is 1. The molecule has 0 heterocycles. The summed E-state index contributed by atoms with van der Waals surface area (Å²) in [5.41, 5.74) is 5.69. The zero-order chi connectivity index (χ0) is 11.7. The lowest BCUT2D eigenvalue weighted by molar-refractivity contribution is -0.121. The molecule has 1 unspecified atom stereocenters. The number of likely N-dealkylation sites (N-methyl/N-ethyl adjacent to an activating group) is 1. The van der Waals surface area contributed by atoms with Gasteiger partial charge >= 0.3 is 0 Å². The monoisotopic (exact) mass is 215 g/mol. The molecule has 0 aliphatic heterocycles. The van der Waals surface area contributed by atoms with Gasteiger partial charge in [0.25, 0.3) is 0 Å². The van der Waals surface area contributed by atoms with Crippen LogP contribution in [-0.2, 0) is 4.79 Å². The SMILES string of the molecule is CCC(N)CC(=O)NCCN(CC)CC. The topological polar surface area (TPSA) is 58.4 Å². The van der Waals surface area contributed by atoms with Gasteiger partial charge in [0.15, 0.2) is 0 Å². The van der Waals surface area contributed by atoms with Gasteiger partial charge in [0.05, 0.1) is 0 Å². The highest BCUT2D eigenvalue weighted by molar-refractivity contribution is 5.76. The van der Waals surface area contributed by atoms with E-state index in [1.165, 1.54) is 0 Å². The van der Waals surface area contributed by atoms with Crippen LogP contribution in [0.1, 0.15) is 33.6 Å². The fourth-order valence-corrected chi connectivity index (χ4v) is 1.35. The Morgan fingerprint density at radius 2 is 1.93 bits per heavy atom. The second-order valence-corrected chi connectivity index (χ2v) is 3.75. The van der Waals surface area contributed by atoms with Crippen LogP contribution in [0, 0.1) is 0 Å². The van der Waals surface area contributed by atoms with Crippen LogP contribution >= 0.6 is 0 Å². The standard InChI is InChI=1S/C11H25N3O/c1-4-10(12)9-11(15)13-7-8-14(5-2)6-3/h10H,4-9,12H2,1-3H3,(H,13,15). The largest absolute Gasteiger partial charge is 0.355 e. The molecule has 3 N–H and O–H groups in total. The molecule has 4 heteroatoms. The number of carbonyl (C=O) groups is 1. The lowest BCUT2D eigenvalue weighted by Crippen LogP contribution is -2.37. The maximum Gasteiger partial charge on any atom is 0.221 e. The first kappa shape index (κ1) is 14.4. The lowest BCUT2D eigenvalue weighted by Gasteiger charge is -2.18. The van der Waals surface area contributed by atoms with Crippen molar-refractivity contribution in [3.05, 3.63) is 0 Å². The highest BCUT2D eigenvalue weighted by Gasteiger charge is 2.07. The summed E-state index contributed by atoms with van der Waals surface area (Å²) in [7, 11) is 0. The van der Waals surface area contributed by atoms with Gasteiger partial charge in [0, 0.05) is 25.6 Å². The lowest BCUT2D eigenvalue weighted by atomic mass is 10.1. The molecule has 1 amide bonds. The molecule has 0 aliphatic rings. The minimum Gasteiger partial charge on any atom is -0.355 e. The van der Waals surface area contributed by atoms with E-state index in [0.29, 0.717) is 6.42 Å².